The highest BCUT2D eigenvalue weighted by Crippen LogP contribution is 2.06. The number of ether oxygens (including phenoxy) is 1. The fourth-order valence-electron chi connectivity index (χ4n) is 1.10. The standard InChI is InChI=1S/C11H15NO2S/c1-2-14-11(13)9-15-8-5-10-3-6-12-7-4-10/h3-4,6-7H,2,5,8-9H2,1H3. The molecule has 0 aliphatic rings. The number of carbonyl (C=O) groups is 1. The zero-order chi connectivity index (χ0) is 10.9. The van der Waals surface area contributed by atoms with Crippen molar-refractivity contribution in [3.8, 4) is 0 Å². The molecule has 0 saturated carbocycles. The van der Waals surface area contributed by atoms with Crippen LogP contribution in [-0.2, 0) is 16.0 Å². The quantitative estimate of drug-likeness (QED) is 0.547. The molecule has 15 heavy (non-hydrogen) atoms. The second-order valence-corrected chi connectivity index (χ2v) is 4.07. The molecule has 0 aliphatic heterocycles. The van der Waals surface area contributed by atoms with Gasteiger partial charge in [-0.15, -0.1) is 11.8 Å². The van der Waals surface area contributed by atoms with Gasteiger partial charge in [0.25, 0.3) is 0 Å². The molecule has 0 aromatic carbocycles. The van der Waals surface area contributed by atoms with Crippen LogP contribution in [0.2, 0.25) is 0 Å². The molecule has 1 aromatic heterocycles. The number of hydrogen-bond acceptors (Lipinski definition) is 4. The highest BCUT2D eigenvalue weighted by Gasteiger charge is 2.01. The fourth-order valence-corrected chi connectivity index (χ4v) is 1.87. The number of nitrogens with zero attached hydrogens (tertiary/aromatic N) is 1. The van der Waals surface area contributed by atoms with Crippen LogP contribution in [-0.4, -0.2) is 29.1 Å². The van der Waals surface area contributed by atoms with E-state index in [0.29, 0.717) is 12.4 Å². The van der Waals surface area contributed by atoms with Crippen LogP contribution in [0.3, 0.4) is 0 Å². The SMILES string of the molecule is CCOC(=O)CSCCc1ccncc1. The summed E-state index contributed by atoms with van der Waals surface area (Å²) in [6, 6.07) is 3.98. The molecule has 0 N–H and O–H groups in total. The summed E-state index contributed by atoms with van der Waals surface area (Å²) in [5.74, 6) is 1.25. The molecule has 0 spiro atoms. The van der Waals surface area contributed by atoms with Crippen molar-refractivity contribution in [2.45, 2.75) is 13.3 Å². The van der Waals surface area contributed by atoms with E-state index in [4.69, 9.17) is 4.74 Å². The van der Waals surface area contributed by atoms with Crippen LogP contribution in [0.5, 0.6) is 0 Å². The number of hydrogen-bond donors (Lipinski definition) is 0. The average molecular weight is 225 g/mol. The Morgan fingerprint density at radius 2 is 2.20 bits per heavy atom. The van der Waals surface area contributed by atoms with Crippen molar-refractivity contribution in [1.29, 1.82) is 0 Å². The second kappa shape index (κ2) is 7.29. The topological polar surface area (TPSA) is 39.2 Å². The fraction of sp³-hybridized carbons (Fsp3) is 0.455. The molecule has 82 valence electrons. The van der Waals surface area contributed by atoms with Crippen molar-refractivity contribution in [2.24, 2.45) is 0 Å². The lowest BCUT2D eigenvalue weighted by Crippen LogP contribution is -2.07. The first-order valence-electron chi connectivity index (χ1n) is 4.95. The van der Waals surface area contributed by atoms with Gasteiger partial charge in [-0.1, -0.05) is 0 Å². The highest BCUT2D eigenvalue weighted by molar-refractivity contribution is 7.99. The minimum atomic E-state index is -0.128. The van der Waals surface area contributed by atoms with Crippen LogP contribution >= 0.6 is 11.8 Å². The molecule has 1 aromatic rings. The minimum absolute atomic E-state index is 0.128. The summed E-state index contributed by atoms with van der Waals surface area (Å²) >= 11 is 1.60. The number of rotatable bonds is 6. The van der Waals surface area contributed by atoms with Crippen LogP contribution in [0, 0.1) is 0 Å². The Morgan fingerprint density at radius 3 is 2.87 bits per heavy atom. The summed E-state index contributed by atoms with van der Waals surface area (Å²) in [6.45, 7) is 2.28. The van der Waals surface area contributed by atoms with Gasteiger partial charge in [-0.05, 0) is 36.8 Å². The summed E-state index contributed by atoms with van der Waals surface area (Å²) in [5.41, 5.74) is 1.25. The van der Waals surface area contributed by atoms with E-state index in [-0.39, 0.29) is 5.97 Å². The van der Waals surface area contributed by atoms with E-state index in [2.05, 4.69) is 4.98 Å². The van der Waals surface area contributed by atoms with Gasteiger partial charge in [0, 0.05) is 12.4 Å². The maximum atomic E-state index is 11.0. The number of pyridine rings is 1. The largest absolute Gasteiger partial charge is 0.465 e. The van der Waals surface area contributed by atoms with Crippen LogP contribution in [0.25, 0.3) is 0 Å². The third-order valence-electron chi connectivity index (χ3n) is 1.81. The van der Waals surface area contributed by atoms with Crippen molar-refractivity contribution in [3.63, 3.8) is 0 Å². The molecule has 1 rings (SSSR count). The highest BCUT2D eigenvalue weighted by atomic mass is 32.2. The van der Waals surface area contributed by atoms with Gasteiger partial charge in [-0.3, -0.25) is 9.78 Å². The molecule has 0 amide bonds. The molecule has 0 atom stereocenters. The summed E-state index contributed by atoms with van der Waals surface area (Å²) < 4.78 is 4.82. The molecular weight excluding hydrogens is 210 g/mol. The van der Waals surface area contributed by atoms with Crippen LogP contribution in [0.4, 0.5) is 0 Å². The van der Waals surface area contributed by atoms with Crippen molar-refractivity contribution >= 4 is 17.7 Å². The Hall–Kier alpha value is -1.03. The summed E-state index contributed by atoms with van der Waals surface area (Å²) in [7, 11) is 0. The molecule has 1 heterocycles. The number of carbonyl (C=O) groups excluding carboxylic acids is 1. The third-order valence-corrected chi connectivity index (χ3v) is 2.74. The van der Waals surface area contributed by atoms with E-state index in [1.165, 1.54) is 5.56 Å². The Morgan fingerprint density at radius 1 is 1.47 bits per heavy atom. The van der Waals surface area contributed by atoms with Gasteiger partial charge in [-0.25, -0.2) is 0 Å². The van der Waals surface area contributed by atoms with E-state index in [1.807, 2.05) is 19.1 Å². The number of esters is 1. The Kier molecular flexibility index (Phi) is 5.85. The summed E-state index contributed by atoms with van der Waals surface area (Å²) in [6.07, 6.45) is 4.53. The van der Waals surface area contributed by atoms with Gasteiger partial charge in [0.05, 0.1) is 12.4 Å². The van der Waals surface area contributed by atoms with Crippen molar-refractivity contribution in [1.82, 2.24) is 4.98 Å². The smallest absolute Gasteiger partial charge is 0.315 e. The van der Waals surface area contributed by atoms with Crippen molar-refractivity contribution in [2.75, 3.05) is 18.1 Å². The molecule has 0 fully saturated rings. The monoisotopic (exact) mass is 225 g/mol. The molecule has 4 heteroatoms. The van der Waals surface area contributed by atoms with Crippen molar-refractivity contribution < 1.29 is 9.53 Å². The van der Waals surface area contributed by atoms with Crippen LogP contribution in [0.1, 0.15) is 12.5 Å². The van der Waals surface area contributed by atoms with Crippen LogP contribution in [0.15, 0.2) is 24.5 Å². The summed E-state index contributed by atoms with van der Waals surface area (Å²) in [5, 5.41) is 0. The maximum Gasteiger partial charge on any atom is 0.315 e. The zero-order valence-corrected chi connectivity index (χ0v) is 9.63. The maximum absolute atomic E-state index is 11.0. The van der Waals surface area contributed by atoms with Crippen molar-refractivity contribution in [3.05, 3.63) is 30.1 Å². The number of aromatic nitrogens is 1. The Balaban J connectivity index is 2.10. The van der Waals surface area contributed by atoms with E-state index >= 15 is 0 Å². The Bertz CT molecular complexity index is 290. The first-order chi connectivity index (χ1) is 7.33. The molecule has 0 radical (unpaired) electrons. The third kappa shape index (κ3) is 5.42. The number of thioether (sulfide) groups is 1. The predicted octanol–water partition coefficient (Wildman–Crippen LogP) is 1.92. The zero-order valence-electron chi connectivity index (χ0n) is 8.81. The Labute approximate surface area is 94.2 Å². The van der Waals surface area contributed by atoms with E-state index < -0.39 is 0 Å². The van der Waals surface area contributed by atoms with Gasteiger partial charge >= 0.3 is 5.97 Å². The number of aryl methyl sites for hydroxylation is 1. The van der Waals surface area contributed by atoms with Gasteiger partial charge in [0.1, 0.15) is 0 Å². The van der Waals surface area contributed by atoms with Gasteiger partial charge in [0.15, 0.2) is 0 Å². The lowest BCUT2D eigenvalue weighted by molar-refractivity contribution is -0.139. The first-order valence-corrected chi connectivity index (χ1v) is 6.10. The molecule has 0 bridgehead atoms. The van der Waals surface area contributed by atoms with Gasteiger partial charge in [-0.2, -0.15) is 0 Å². The van der Waals surface area contributed by atoms with Crippen LogP contribution < -0.4 is 0 Å². The second-order valence-electron chi connectivity index (χ2n) is 2.96. The van der Waals surface area contributed by atoms with Gasteiger partial charge < -0.3 is 4.74 Å². The lowest BCUT2D eigenvalue weighted by Gasteiger charge is -2.02. The summed E-state index contributed by atoms with van der Waals surface area (Å²) in [4.78, 5) is 14.9. The molecule has 0 aliphatic carbocycles. The van der Waals surface area contributed by atoms with Gasteiger partial charge in [0.2, 0.25) is 0 Å². The molecule has 0 saturated heterocycles. The van der Waals surface area contributed by atoms with E-state index in [1.54, 1.807) is 24.2 Å². The predicted molar refractivity (Wildman–Crippen MR) is 61.9 cm³/mol. The first kappa shape index (κ1) is 12.0. The lowest BCUT2D eigenvalue weighted by atomic mass is 10.2. The molecule has 3 nitrogen and oxygen atoms in total. The van der Waals surface area contributed by atoms with E-state index in [0.717, 1.165) is 12.2 Å². The van der Waals surface area contributed by atoms with E-state index in [9.17, 15) is 4.79 Å². The minimum Gasteiger partial charge on any atom is -0.465 e. The molecule has 0 unspecified atom stereocenters. The molecular formula is C11H15NO2S. The average Bonchev–Trinajstić information content (AvgIpc) is 2.26. The normalized spacial score (nSPS) is 9.93.